The Hall–Kier alpha value is -4.18. The number of ether oxygens (including phenoxy) is 1. The monoisotopic (exact) mass is 551 g/mol. The second-order valence-electron chi connectivity index (χ2n) is 9.82. The summed E-state index contributed by atoms with van der Waals surface area (Å²) >= 11 is 0. The molecule has 2 aliphatic heterocycles. The fraction of sp³-hybridized carbons (Fsp3) is 0.308. The van der Waals surface area contributed by atoms with Crippen molar-refractivity contribution < 1.29 is 46.1 Å². The van der Waals surface area contributed by atoms with Crippen LogP contribution in [-0.2, 0) is 28.3 Å². The summed E-state index contributed by atoms with van der Waals surface area (Å²) in [5.74, 6) is -1.90. The first kappa shape index (κ1) is 26.4. The number of aromatic hydroxyl groups is 2. The average molecular weight is 551 g/mol. The van der Waals surface area contributed by atoms with Crippen LogP contribution < -0.4 is 5.32 Å². The van der Waals surface area contributed by atoms with Crippen LogP contribution in [0.15, 0.2) is 42.5 Å². The Morgan fingerprint density at radius 1 is 1.03 bits per heavy atom. The lowest BCUT2D eigenvalue weighted by Gasteiger charge is -2.30. The SMILES string of the molecule is CC12C[C@@H](NC(=O)c3ccc(C(F)(F)F)cc3)C(C)(O1)c1c2c(O)n(-c2ccc(C#N)c(C(F)(F)F)c2)c1O. The number of aromatic nitrogens is 1. The van der Waals surface area contributed by atoms with E-state index >= 15 is 0 Å². The molecule has 3 N–H and O–H groups in total. The number of benzene rings is 2. The molecular formula is C26H19F6N3O4. The van der Waals surface area contributed by atoms with Gasteiger partial charge in [-0.15, -0.1) is 0 Å². The van der Waals surface area contributed by atoms with E-state index in [1.165, 1.54) is 13.0 Å². The van der Waals surface area contributed by atoms with Gasteiger partial charge in [0.15, 0.2) is 0 Å². The minimum absolute atomic E-state index is 0.0457. The quantitative estimate of drug-likeness (QED) is 0.375. The summed E-state index contributed by atoms with van der Waals surface area (Å²) in [5.41, 5.74) is -5.68. The van der Waals surface area contributed by atoms with Crippen molar-refractivity contribution in [2.45, 2.75) is 49.9 Å². The first-order chi connectivity index (χ1) is 18.0. The molecule has 3 atom stereocenters. The minimum Gasteiger partial charge on any atom is -0.494 e. The third-order valence-corrected chi connectivity index (χ3v) is 7.31. The van der Waals surface area contributed by atoms with Gasteiger partial charge in [0.2, 0.25) is 11.8 Å². The number of nitrogens with zero attached hydrogens (tertiary/aromatic N) is 2. The van der Waals surface area contributed by atoms with Crippen molar-refractivity contribution >= 4 is 5.91 Å². The molecule has 1 saturated heterocycles. The average Bonchev–Trinajstić information content (AvgIpc) is 3.37. The van der Waals surface area contributed by atoms with E-state index in [2.05, 4.69) is 5.32 Å². The van der Waals surface area contributed by atoms with E-state index in [-0.39, 0.29) is 28.8 Å². The summed E-state index contributed by atoms with van der Waals surface area (Å²) in [6.07, 6.45) is -9.37. The molecule has 0 spiro atoms. The van der Waals surface area contributed by atoms with Gasteiger partial charge in [-0.25, -0.2) is 0 Å². The summed E-state index contributed by atoms with van der Waals surface area (Å²) in [6.45, 7) is 3.09. The molecule has 0 radical (unpaired) electrons. The number of nitriles is 1. The molecule has 0 saturated carbocycles. The molecule has 1 amide bonds. The zero-order valence-corrected chi connectivity index (χ0v) is 20.2. The third kappa shape index (κ3) is 3.89. The number of halogens is 6. The van der Waals surface area contributed by atoms with Crippen molar-refractivity contribution in [2.24, 2.45) is 0 Å². The van der Waals surface area contributed by atoms with E-state index in [1.54, 1.807) is 6.92 Å². The summed E-state index contributed by atoms with van der Waals surface area (Å²) < 4.78 is 86.1. The van der Waals surface area contributed by atoms with E-state index in [9.17, 15) is 41.4 Å². The lowest BCUT2D eigenvalue weighted by Crippen LogP contribution is -2.47. The fourth-order valence-electron chi connectivity index (χ4n) is 5.55. The maximum Gasteiger partial charge on any atom is 0.417 e. The number of fused-ring (bicyclic) bond motifs is 5. The number of nitrogens with one attached hydrogen (secondary N) is 1. The number of rotatable bonds is 3. The van der Waals surface area contributed by atoms with Crippen LogP contribution in [0.4, 0.5) is 26.3 Å². The predicted octanol–water partition coefficient (Wildman–Crippen LogP) is 5.46. The van der Waals surface area contributed by atoms with Crippen LogP contribution in [0.3, 0.4) is 0 Å². The normalized spacial score (nSPS) is 23.9. The van der Waals surface area contributed by atoms with Crippen LogP contribution in [0.1, 0.15) is 58.4 Å². The molecule has 39 heavy (non-hydrogen) atoms. The van der Waals surface area contributed by atoms with E-state index in [1.807, 2.05) is 0 Å². The lowest BCUT2D eigenvalue weighted by atomic mass is 9.76. The summed E-state index contributed by atoms with van der Waals surface area (Å²) in [5, 5.41) is 33.9. The molecule has 1 fully saturated rings. The number of hydrogen-bond acceptors (Lipinski definition) is 5. The van der Waals surface area contributed by atoms with Gasteiger partial charge in [-0.1, -0.05) is 0 Å². The van der Waals surface area contributed by atoms with E-state index in [0.717, 1.165) is 41.0 Å². The Morgan fingerprint density at radius 2 is 1.64 bits per heavy atom. The largest absolute Gasteiger partial charge is 0.494 e. The molecule has 13 heteroatoms. The van der Waals surface area contributed by atoms with Crippen molar-refractivity contribution in [1.29, 1.82) is 5.26 Å². The Kier molecular flexibility index (Phi) is 5.53. The van der Waals surface area contributed by atoms with Crippen LogP contribution in [0.2, 0.25) is 0 Å². The van der Waals surface area contributed by atoms with Gasteiger partial charge in [-0.05, 0) is 56.3 Å². The zero-order valence-electron chi connectivity index (χ0n) is 20.2. The highest BCUT2D eigenvalue weighted by Crippen LogP contribution is 2.64. The highest BCUT2D eigenvalue weighted by molar-refractivity contribution is 5.94. The number of carbonyl (C=O) groups is 1. The van der Waals surface area contributed by atoms with Crippen molar-refractivity contribution in [3.63, 3.8) is 0 Å². The molecule has 2 aromatic carbocycles. The Labute approximate surface area is 216 Å². The topological polar surface area (TPSA) is 108 Å². The molecule has 2 unspecified atom stereocenters. The molecule has 2 aliphatic rings. The summed E-state index contributed by atoms with van der Waals surface area (Å²) in [4.78, 5) is 12.9. The first-order valence-electron chi connectivity index (χ1n) is 11.5. The van der Waals surface area contributed by atoms with Crippen LogP contribution in [-0.4, -0.2) is 26.7 Å². The molecule has 7 nitrogen and oxygen atoms in total. The smallest absolute Gasteiger partial charge is 0.417 e. The Bertz CT molecular complexity index is 1550. The highest BCUT2D eigenvalue weighted by atomic mass is 19.4. The lowest BCUT2D eigenvalue weighted by molar-refractivity contribution is -0.138. The standard InChI is InChI=1S/C26H19F6N3O4/c1-23-10-17(34-20(36)12-3-6-14(7-4-12)25(27,28)29)24(2,39-23)19-18(23)21(37)35(22(19)38)15-8-5-13(11-33)16(9-15)26(30,31)32/h3-9,17,37-38H,10H2,1-2H3,(H,34,36)/t17-,23?,24?/m1/s1. The maximum absolute atomic E-state index is 13.5. The number of alkyl halides is 6. The van der Waals surface area contributed by atoms with Crippen molar-refractivity contribution in [3.8, 4) is 23.5 Å². The molecule has 204 valence electrons. The highest BCUT2D eigenvalue weighted by Gasteiger charge is 2.65. The van der Waals surface area contributed by atoms with Gasteiger partial charge >= 0.3 is 12.4 Å². The first-order valence-corrected chi connectivity index (χ1v) is 11.5. The molecular weight excluding hydrogens is 532 g/mol. The zero-order chi connectivity index (χ0) is 28.7. The Morgan fingerprint density at radius 3 is 2.21 bits per heavy atom. The predicted molar refractivity (Wildman–Crippen MR) is 122 cm³/mol. The summed E-state index contributed by atoms with van der Waals surface area (Å²) in [6, 6.07) is 6.90. The molecule has 5 rings (SSSR count). The fourth-order valence-corrected chi connectivity index (χ4v) is 5.55. The molecule has 3 aromatic rings. The maximum atomic E-state index is 13.5. The minimum atomic E-state index is -4.88. The van der Waals surface area contributed by atoms with Gasteiger partial charge < -0.3 is 20.3 Å². The molecule has 3 heterocycles. The number of carbonyl (C=O) groups excluding carboxylic acids is 1. The molecule has 2 bridgehead atoms. The number of amides is 1. The van der Waals surface area contributed by atoms with Crippen LogP contribution >= 0.6 is 0 Å². The molecule has 1 aromatic heterocycles. The molecule has 0 aliphatic carbocycles. The second-order valence-corrected chi connectivity index (χ2v) is 9.82. The van der Waals surface area contributed by atoms with Crippen molar-refractivity contribution in [1.82, 2.24) is 9.88 Å². The van der Waals surface area contributed by atoms with Gasteiger partial charge in [0.1, 0.15) is 5.60 Å². The van der Waals surface area contributed by atoms with E-state index < -0.39 is 64.0 Å². The third-order valence-electron chi connectivity index (χ3n) is 7.31. The van der Waals surface area contributed by atoms with Gasteiger partial charge in [-0.2, -0.15) is 31.6 Å². The van der Waals surface area contributed by atoms with Gasteiger partial charge in [-0.3, -0.25) is 9.36 Å². The van der Waals surface area contributed by atoms with E-state index in [4.69, 9.17) is 10.00 Å². The number of hydrogen-bond donors (Lipinski definition) is 3. The van der Waals surface area contributed by atoms with Crippen LogP contribution in [0.5, 0.6) is 11.8 Å². The Balaban J connectivity index is 1.52. The van der Waals surface area contributed by atoms with Crippen LogP contribution in [0.25, 0.3) is 5.69 Å². The van der Waals surface area contributed by atoms with Gasteiger partial charge in [0.25, 0.3) is 5.91 Å². The van der Waals surface area contributed by atoms with Crippen molar-refractivity contribution in [2.75, 3.05) is 0 Å². The second kappa shape index (κ2) is 8.16. The van der Waals surface area contributed by atoms with Gasteiger partial charge in [0.05, 0.1) is 51.2 Å². The van der Waals surface area contributed by atoms with Crippen LogP contribution in [0, 0.1) is 11.3 Å². The van der Waals surface area contributed by atoms with Crippen molar-refractivity contribution in [3.05, 3.63) is 75.8 Å². The summed E-state index contributed by atoms with van der Waals surface area (Å²) in [7, 11) is 0. The van der Waals surface area contributed by atoms with E-state index in [0.29, 0.717) is 6.07 Å². The van der Waals surface area contributed by atoms with Gasteiger partial charge in [0, 0.05) is 12.0 Å².